The van der Waals surface area contributed by atoms with Crippen molar-refractivity contribution in [2.45, 2.75) is 252 Å². The Kier molecular flexibility index (Phi) is 46.4. The molecule has 0 rings (SSSR count). The molecule has 0 N–H and O–H groups in total. The van der Waals surface area contributed by atoms with Crippen molar-refractivity contribution in [1.82, 2.24) is 0 Å². The largest absolute Gasteiger partial charge is 0.462 e. The topological polar surface area (TPSA) is 78.9 Å². The number of carbonyl (C=O) groups excluding carboxylic acids is 3. The van der Waals surface area contributed by atoms with E-state index in [-0.39, 0.29) is 31.1 Å². The molecule has 6 heteroatoms. The van der Waals surface area contributed by atoms with Crippen molar-refractivity contribution >= 4 is 17.9 Å². The smallest absolute Gasteiger partial charge is 0.306 e. The summed E-state index contributed by atoms with van der Waals surface area (Å²) in [6.45, 7) is 6.46. The molecule has 0 aromatic heterocycles. The average Bonchev–Trinajstić information content (AvgIpc) is 3.24. The molecule has 0 bridgehead atoms. The Balaban J connectivity index is 4.44. The minimum absolute atomic E-state index is 0.0901. The Labute approximate surface area is 370 Å². The normalized spacial score (nSPS) is 12.5. The Morgan fingerprint density at radius 2 is 0.650 bits per heavy atom. The highest BCUT2D eigenvalue weighted by atomic mass is 16.6. The van der Waals surface area contributed by atoms with Crippen molar-refractivity contribution in [1.29, 1.82) is 0 Å². The molecule has 0 heterocycles. The van der Waals surface area contributed by atoms with Gasteiger partial charge in [-0.15, -0.1) is 0 Å². The van der Waals surface area contributed by atoms with Gasteiger partial charge in [-0.3, -0.25) is 14.4 Å². The van der Waals surface area contributed by atoms with Gasteiger partial charge >= 0.3 is 17.9 Å². The number of carbonyl (C=O) groups is 3. The van der Waals surface area contributed by atoms with Gasteiger partial charge in [0.1, 0.15) is 13.2 Å². The van der Waals surface area contributed by atoms with E-state index in [0.29, 0.717) is 19.3 Å². The first-order chi connectivity index (χ1) is 29.5. The van der Waals surface area contributed by atoms with Gasteiger partial charge < -0.3 is 14.2 Å². The van der Waals surface area contributed by atoms with E-state index in [1.807, 2.05) is 0 Å². The van der Waals surface area contributed by atoms with Crippen LogP contribution in [0.3, 0.4) is 0 Å². The highest BCUT2D eigenvalue weighted by molar-refractivity contribution is 5.71. The fourth-order valence-corrected chi connectivity index (χ4v) is 6.96. The maximum atomic E-state index is 12.8. The van der Waals surface area contributed by atoms with Gasteiger partial charge in [0.2, 0.25) is 0 Å². The highest BCUT2D eigenvalue weighted by Crippen LogP contribution is 2.15. The van der Waals surface area contributed by atoms with Gasteiger partial charge in [-0.25, -0.2) is 0 Å². The quantitative estimate of drug-likeness (QED) is 0.0263. The molecule has 0 saturated carbocycles. The van der Waals surface area contributed by atoms with Crippen LogP contribution in [0, 0.1) is 0 Å². The van der Waals surface area contributed by atoms with Crippen LogP contribution < -0.4 is 0 Å². The second-order valence-corrected chi connectivity index (χ2v) is 16.7. The fourth-order valence-electron chi connectivity index (χ4n) is 6.96. The lowest BCUT2D eigenvalue weighted by Gasteiger charge is -2.18. The molecule has 0 spiro atoms. The molecule has 346 valence electrons. The molecule has 6 nitrogen and oxygen atoms in total. The van der Waals surface area contributed by atoms with Gasteiger partial charge in [0.15, 0.2) is 6.10 Å². The molecule has 0 radical (unpaired) electrons. The first-order valence-corrected chi connectivity index (χ1v) is 25.3. The van der Waals surface area contributed by atoms with Gasteiger partial charge in [-0.2, -0.15) is 0 Å². The minimum Gasteiger partial charge on any atom is -0.462 e. The predicted octanol–water partition coefficient (Wildman–Crippen LogP) is 16.5. The highest BCUT2D eigenvalue weighted by Gasteiger charge is 2.19. The van der Waals surface area contributed by atoms with E-state index in [9.17, 15) is 14.4 Å². The molecule has 0 saturated heterocycles. The van der Waals surface area contributed by atoms with Crippen LogP contribution in [-0.4, -0.2) is 37.2 Å². The van der Waals surface area contributed by atoms with Crippen molar-refractivity contribution in [3.05, 3.63) is 60.8 Å². The number of hydrogen-bond acceptors (Lipinski definition) is 6. The predicted molar refractivity (Wildman–Crippen MR) is 256 cm³/mol. The van der Waals surface area contributed by atoms with Crippen LogP contribution in [0.2, 0.25) is 0 Å². The molecule has 0 aromatic rings. The van der Waals surface area contributed by atoms with Crippen LogP contribution in [0.1, 0.15) is 245 Å². The van der Waals surface area contributed by atoms with E-state index in [1.54, 1.807) is 0 Å². The van der Waals surface area contributed by atoms with Crippen molar-refractivity contribution in [3.8, 4) is 0 Å². The fraction of sp³-hybridized carbons (Fsp3) is 0.759. The molecule has 0 aliphatic rings. The van der Waals surface area contributed by atoms with E-state index in [0.717, 1.165) is 89.9 Å². The van der Waals surface area contributed by atoms with Gasteiger partial charge in [0.25, 0.3) is 0 Å². The van der Waals surface area contributed by atoms with E-state index >= 15 is 0 Å². The molecule has 1 atom stereocenters. The molecule has 60 heavy (non-hydrogen) atoms. The molecule has 0 aliphatic carbocycles. The summed E-state index contributed by atoms with van der Waals surface area (Å²) in [5, 5.41) is 0. The Morgan fingerprint density at radius 3 is 1.10 bits per heavy atom. The first kappa shape index (κ1) is 57.1. The number of hydrogen-bond donors (Lipinski definition) is 0. The summed E-state index contributed by atoms with van der Waals surface area (Å²) >= 11 is 0. The van der Waals surface area contributed by atoms with Crippen LogP contribution in [0.15, 0.2) is 60.8 Å². The lowest BCUT2D eigenvalue weighted by molar-refractivity contribution is -0.167. The van der Waals surface area contributed by atoms with Crippen molar-refractivity contribution in [3.63, 3.8) is 0 Å². The van der Waals surface area contributed by atoms with Crippen LogP contribution in [-0.2, 0) is 28.6 Å². The summed E-state index contributed by atoms with van der Waals surface area (Å²) in [5.41, 5.74) is 0. The molecule has 0 amide bonds. The maximum absolute atomic E-state index is 12.8. The summed E-state index contributed by atoms with van der Waals surface area (Å²) in [6, 6.07) is 0. The zero-order valence-corrected chi connectivity index (χ0v) is 39.5. The third-order valence-corrected chi connectivity index (χ3v) is 10.8. The molecule has 0 aliphatic heterocycles. The molecule has 1 unspecified atom stereocenters. The molecular formula is C54H94O6. The van der Waals surface area contributed by atoms with Crippen LogP contribution >= 0.6 is 0 Å². The maximum Gasteiger partial charge on any atom is 0.306 e. The monoisotopic (exact) mass is 839 g/mol. The van der Waals surface area contributed by atoms with Gasteiger partial charge in [0, 0.05) is 19.3 Å². The van der Waals surface area contributed by atoms with Gasteiger partial charge in [-0.1, -0.05) is 204 Å². The summed E-state index contributed by atoms with van der Waals surface area (Å²) in [4.78, 5) is 37.9. The summed E-state index contributed by atoms with van der Waals surface area (Å²) < 4.78 is 16.7. The Bertz CT molecular complexity index is 1100. The molecular weight excluding hydrogens is 745 g/mol. The second-order valence-electron chi connectivity index (χ2n) is 16.7. The minimum atomic E-state index is -0.791. The summed E-state index contributed by atoms with van der Waals surface area (Å²) in [6.07, 6.45) is 59.2. The second kappa shape index (κ2) is 48.8. The van der Waals surface area contributed by atoms with Gasteiger partial charge in [0.05, 0.1) is 0 Å². The first-order valence-electron chi connectivity index (χ1n) is 25.3. The number of ether oxygens (including phenoxy) is 3. The van der Waals surface area contributed by atoms with Crippen molar-refractivity contribution in [2.75, 3.05) is 13.2 Å². The number of rotatable bonds is 45. The molecule has 0 aromatic carbocycles. The van der Waals surface area contributed by atoms with Crippen molar-refractivity contribution in [2.24, 2.45) is 0 Å². The molecule has 0 fully saturated rings. The Morgan fingerprint density at radius 1 is 0.350 bits per heavy atom. The number of unbranched alkanes of at least 4 members (excludes halogenated alkanes) is 24. The van der Waals surface area contributed by atoms with E-state index in [1.165, 1.54) is 116 Å². The van der Waals surface area contributed by atoms with E-state index in [4.69, 9.17) is 14.2 Å². The zero-order chi connectivity index (χ0) is 43.7. The number of allylic oxidation sites excluding steroid dienone is 10. The van der Waals surface area contributed by atoms with Crippen LogP contribution in [0.5, 0.6) is 0 Å². The van der Waals surface area contributed by atoms with E-state index < -0.39 is 6.10 Å². The summed E-state index contributed by atoms with van der Waals surface area (Å²) in [7, 11) is 0. The lowest BCUT2D eigenvalue weighted by Crippen LogP contribution is -2.30. The van der Waals surface area contributed by atoms with E-state index in [2.05, 4.69) is 81.5 Å². The SMILES string of the molecule is CC/C=C\C/C=C\C/C=C\C/C=C\CCCCC(=O)OCC(COC(=O)CCCCCCC/C=C\CCCCC)OC(=O)CCCCCCCCCCCCCCCCC. The van der Waals surface area contributed by atoms with Crippen LogP contribution in [0.25, 0.3) is 0 Å². The van der Waals surface area contributed by atoms with Gasteiger partial charge in [-0.05, 0) is 83.5 Å². The third-order valence-electron chi connectivity index (χ3n) is 10.8. The van der Waals surface area contributed by atoms with Crippen LogP contribution in [0.4, 0.5) is 0 Å². The van der Waals surface area contributed by atoms with Crippen molar-refractivity contribution < 1.29 is 28.6 Å². The Hall–Kier alpha value is -2.89. The zero-order valence-electron chi connectivity index (χ0n) is 39.5. The third kappa shape index (κ3) is 46.2. The average molecular weight is 839 g/mol. The standard InChI is InChI=1S/C54H94O6/c1-4-7-10-13-16-19-22-25-27-29-32-35-38-41-44-47-53(56)59-50-51(49-58-52(55)46-43-40-37-34-31-24-21-18-15-12-9-6-3)60-54(57)48-45-42-39-36-33-30-28-26-23-20-17-14-11-8-5-2/h7,10,16,18-19,21,25,27,32,35,51H,4-6,8-9,11-15,17,20,22-24,26,28-31,33-34,36-50H2,1-3H3/b10-7-,19-16-,21-18-,27-25-,35-32-. The lowest BCUT2D eigenvalue weighted by atomic mass is 10.0. The number of esters is 3. The summed E-state index contributed by atoms with van der Waals surface area (Å²) in [5.74, 6) is -0.937.